The summed E-state index contributed by atoms with van der Waals surface area (Å²) in [5.74, 6) is -0.577. The van der Waals surface area contributed by atoms with Crippen molar-refractivity contribution in [1.29, 1.82) is 0 Å². The van der Waals surface area contributed by atoms with E-state index < -0.39 is 8.32 Å². The second kappa shape index (κ2) is 7.54. The SMILES string of the molecule is CC(C)(C)[Si](O[C@@H]1C[C@@H]2OC(=O)CC2[C@H]1C=O)(c1ccccc1)c1ccccc1. The molecule has 4 nitrogen and oxygen atoms in total. The van der Waals surface area contributed by atoms with Crippen LogP contribution in [0.4, 0.5) is 0 Å². The largest absolute Gasteiger partial charge is 0.462 e. The van der Waals surface area contributed by atoms with Crippen LogP contribution in [0.3, 0.4) is 0 Å². The monoisotopic (exact) mass is 408 g/mol. The van der Waals surface area contributed by atoms with Gasteiger partial charge in [-0.05, 0) is 15.4 Å². The molecule has 1 aliphatic heterocycles. The minimum Gasteiger partial charge on any atom is -0.462 e. The Morgan fingerprint density at radius 2 is 1.55 bits per heavy atom. The molecule has 2 aliphatic rings. The van der Waals surface area contributed by atoms with Gasteiger partial charge in [0.1, 0.15) is 12.4 Å². The van der Waals surface area contributed by atoms with Crippen molar-refractivity contribution in [3.63, 3.8) is 0 Å². The first kappa shape index (κ1) is 20.0. The molecule has 2 aromatic rings. The highest BCUT2D eigenvalue weighted by molar-refractivity contribution is 6.99. The molecule has 4 atom stereocenters. The number of aldehydes is 1. The molecule has 0 amide bonds. The lowest BCUT2D eigenvalue weighted by molar-refractivity contribution is -0.141. The third-order valence-electron chi connectivity index (χ3n) is 6.45. The summed E-state index contributed by atoms with van der Waals surface area (Å²) in [4.78, 5) is 23.8. The Kier molecular flexibility index (Phi) is 5.21. The number of ether oxygens (including phenoxy) is 1. The van der Waals surface area contributed by atoms with Gasteiger partial charge in [0.2, 0.25) is 0 Å². The van der Waals surface area contributed by atoms with E-state index in [1.54, 1.807) is 0 Å². The minimum atomic E-state index is -2.74. The van der Waals surface area contributed by atoms with E-state index in [-0.39, 0.29) is 35.1 Å². The number of benzene rings is 2. The van der Waals surface area contributed by atoms with E-state index in [1.807, 2.05) is 12.1 Å². The third kappa shape index (κ3) is 3.36. The van der Waals surface area contributed by atoms with Gasteiger partial charge >= 0.3 is 5.97 Å². The Morgan fingerprint density at radius 1 is 1.00 bits per heavy atom. The standard InChI is InChI=1S/C24H28O4Si/c1-24(2,3)29(17-10-6-4-7-11-17,18-12-8-5-9-13-18)28-22-15-21-19(20(22)16-25)14-23(26)27-21/h4-13,16,19-22H,14-15H2,1-3H3/t19?,20-,21+,22-/m1/s1. The first-order chi connectivity index (χ1) is 13.9. The summed E-state index contributed by atoms with van der Waals surface area (Å²) in [6.07, 6.45) is 1.43. The van der Waals surface area contributed by atoms with Crippen molar-refractivity contribution < 1.29 is 18.8 Å². The predicted octanol–water partition coefficient (Wildman–Crippen LogP) is 3.08. The molecule has 1 saturated heterocycles. The average molecular weight is 409 g/mol. The number of hydrogen-bond acceptors (Lipinski definition) is 4. The molecule has 1 unspecified atom stereocenters. The molecule has 5 heteroatoms. The van der Waals surface area contributed by atoms with Gasteiger partial charge in [-0.1, -0.05) is 81.4 Å². The third-order valence-corrected chi connectivity index (χ3v) is 11.5. The van der Waals surface area contributed by atoms with Gasteiger partial charge in [0.15, 0.2) is 0 Å². The zero-order chi connectivity index (χ0) is 20.6. The summed E-state index contributed by atoms with van der Waals surface area (Å²) in [7, 11) is -2.74. The molecule has 4 rings (SSSR count). The Balaban J connectivity index is 1.81. The molecule has 2 fully saturated rings. The molecular formula is C24H28O4Si. The zero-order valence-electron chi connectivity index (χ0n) is 17.2. The highest BCUT2D eigenvalue weighted by atomic mass is 28.4. The van der Waals surface area contributed by atoms with Crippen LogP contribution in [0.25, 0.3) is 0 Å². The van der Waals surface area contributed by atoms with E-state index in [0.717, 1.165) is 6.29 Å². The summed E-state index contributed by atoms with van der Waals surface area (Å²) >= 11 is 0. The molecule has 1 aliphatic carbocycles. The fourth-order valence-corrected chi connectivity index (χ4v) is 9.85. The normalized spacial score (nSPS) is 26.8. The van der Waals surface area contributed by atoms with Crippen LogP contribution in [-0.4, -0.2) is 32.8 Å². The molecule has 0 spiro atoms. The van der Waals surface area contributed by atoms with Crippen molar-refractivity contribution in [1.82, 2.24) is 0 Å². The lowest BCUT2D eigenvalue weighted by Crippen LogP contribution is -2.68. The van der Waals surface area contributed by atoms with E-state index in [1.165, 1.54) is 10.4 Å². The number of fused-ring (bicyclic) bond motifs is 1. The number of carbonyl (C=O) groups excluding carboxylic acids is 2. The molecule has 0 radical (unpaired) electrons. The topological polar surface area (TPSA) is 52.6 Å². The van der Waals surface area contributed by atoms with E-state index in [0.29, 0.717) is 12.8 Å². The lowest BCUT2D eigenvalue weighted by atomic mass is 9.94. The van der Waals surface area contributed by atoms with Crippen LogP contribution < -0.4 is 10.4 Å². The highest BCUT2D eigenvalue weighted by Crippen LogP contribution is 2.45. The van der Waals surface area contributed by atoms with Crippen molar-refractivity contribution in [2.45, 2.75) is 50.9 Å². The van der Waals surface area contributed by atoms with Crippen LogP contribution in [0.5, 0.6) is 0 Å². The number of esters is 1. The number of rotatable bonds is 5. The summed E-state index contributed by atoms with van der Waals surface area (Å²) < 4.78 is 12.6. The molecule has 0 bridgehead atoms. The maximum Gasteiger partial charge on any atom is 0.306 e. The van der Waals surface area contributed by atoms with Crippen molar-refractivity contribution in [3.8, 4) is 0 Å². The van der Waals surface area contributed by atoms with Crippen LogP contribution in [-0.2, 0) is 18.8 Å². The van der Waals surface area contributed by atoms with Gasteiger partial charge in [-0.25, -0.2) is 0 Å². The minimum absolute atomic E-state index is 0.0665. The number of carbonyl (C=O) groups is 2. The average Bonchev–Trinajstić information content (AvgIpc) is 3.21. The van der Waals surface area contributed by atoms with Gasteiger partial charge in [0, 0.05) is 18.3 Å². The first-order valence-electron chi connectivity index (χ1n) is 10.3. The summed E-state index contributed by atoms with van der Waals surface area (Å²) in [5, 5.41) is 2.23. The fourth-order valence-electron chi connectivity index (χ4n) is 5.13. The van der Waals surface area contributed by atoms with Crippen molar-refractivity contribution in [3.05, 3.63) is 60.7 Å². The Hall–Kier alpha value is -2.24. The van der Waals surface area contributed by atoms with E-state index in [4.69, 9.17) is 9.16 Å². The lowest BCUT2D eigenvalue weighted by Gasteiger charge is -2.45. The van der Waals surface area contributed by atoms with Gasteiger partial charge in [0.05, 0.1) is 12.5 Å². The predicted molar refractivity (Wildman–Crippen MR) is 115 cm³/mol. The summed E-state index contributed by atoms with van der Waals surface area (Å²) in [5.41, 5.74) is 0. The van der Waals surface area contributed by atoms with Crippen LogP contribution in [0.2, 0.25) is 5.04 Å². The van der Waals surface area contributed by atoms with E-state index in [9.17, 15) is 9.59 Å². The first-order valence-corrected chi connectivity index (χ1v) is 12.2. The second-order valence-corrected chi connectivity index (χ2v) is 13.4. The molecule has 0 N–H and O–H groups in total. The Labute approximate surface area is 173 Å². The molecule has 1 heterocycles. The fraction of sp³-hybridized carbons (Fsp3) is 0.417. The van der Waals surface area contributed by atoms with Gasteiger partial charge in [-0.15, -0.1) is 0 Å². The summed E-state index contributed by atoms with van der Waals surface area (Å²) in [6, 6.07) is 20.8. The Bertz CT molecular complexity index is 835. The van der Waals surface area contributed by atoms with Gasteiger partial charge in [-0.3, -0.25) is 4.79 Å². The van der Waals surface area contributed by atoms with Gasteiger partial charge in [0.25, 0.3) is 8.32 Å². The van der Waals surface area contributed by atoms with Crippen molar-refractivity contribution in [2.24, 2.45) is 11.8 Å². The number of hydrogen-bond donors (Lipinski definition) is 0. The second-order valence-electron chi connectivity index (χ2n) is 9.16. The van der Waals surface area contributed by atoms with Crippen LogP contribution in [0.1, 0.15) is 33.6 Å². The van der Waals surface area contributed by atoms with Crippen molar-refractivity contribution in [2.75, 3.05) is 0 Å². The van der Waals surface area contributed by atoms with E-state index >= 15 is 0 Å². The maximum absolute atomic E-state index is 12.0. The molecule has 152 valence electrons. The Morgan fingerprint density at radius 3 is 2.03 bits per heavy atom. The van der Waals surface area contributed by atoms with Gasteiger partial charge < -0.3 is 14.0 Å². The van der Waals surface area contributed by atoms with Crippen LogP contribution >= 0.6 is 0 Å². The van der Waals surface area contributed by atoms with Crippen molar-refractivity contribution >= 4 is 30.9 Å². The summed E-state index contributed by atoms with van der Waals surface area (Å²) in [6.45, 7) is 6.68. The molecule has 1 saturated carbocycles. The highest BCUT2D eigenvalue weighted by Gasteiger charge is 2.57. The molecule has 29 heavy (non-hydrogen) atoms. The van der Waals surface area contributed by atoms with Gasteiger partial charge in [-0.2, -0.15) is 0 Å². The molecular weight excluding hydrogens is 380 g/mol. The van der Waals surface area contributed by atoms with Crippen LogP contribution in [0, 0.1) is 11.8 Å². The smallest absolute Gasteiger partial charge is 0.306 e. The maximum atomic E-state index is 12.0. The molecule has 2 aromatic carbocycles. The van der Waals surface area contributed by atoms with Crippen LogP contribution in [0.15, 0.2) is 60.7 Å². The zero-order valence-corrected chi connectivity index (χ0v) is 18.2. The molecule has 0 aromatic heterocycles. The quantitative estimate of drug-likeness (QED) is 0.433. The van der Waals surface area contributed by atoms with E-state index in [2.05, 4.69) is 69.3 Å².